The highest BCUT2D eigenvalue weighted by Crippen LogP contribution is 2.25. The first kappa shape index (κ1) is 19.8. The second kappa shape index (κ2) is 9.28. The monoisotopic (exact) mass is 406 g/mol. The molecule has 3 amide bonds. The van der Waals surface area contributed by atoms with Gasteiger partial charge in [-0.05, 0) is 38.0 Å². The summed E-state index contributed by atoms with van der Waals surface area (Å²) in [4.78, 5) is 28.8. The molecule has 0 aliphatic heterocycles. The van der Waals surface area contributed by atoms with Gasteiger partial charge in [0.2, 0.25) is 5.91 Å². The van der Waals surface area contributed by atoms with Crippen LogP contribution in [0.3, 0.4) is 0 Å². The van der Waals surface area contributed by atoms with Crippen LogP contribution in [0.4, 0.5) is 4.79 Å². The van der Waals surface area contributed by atoms with Crippen molar-refractivity contribution in [3.63, 3.8) is 0 Å². The molecule has 1 atom stereocenters. The number of carbonyl (C=O) groups is 2. The molecule has 8 heteroatoms. The lowest BCUT2D eigenvalue weighted by Gasteiger charge is -2.23. The van der Waals surface area contributed by atoms with Crippen LogP contribution in [-0.4, -0.2) is 32.8 Å². The highest BCUT2D eigenvalue weighted by molar-refractivity contribution is 8.00. The maximum absolute atomic E-state index is 12.4. The molecule has 1 aliphatic rings. The zero-order valence-electron chi connectivity index (χ0n) is 15.2. The average Bonchev–Trinajstić information content (AvgIpc) is 3.10. The lowest BCUT2D eigenvalue weighted by atomic mass is 9.96. The van der Waals surface area contributed by atoms with E-state index in [4.69, 9.17) is 11.6 Å². The van der Waals surface area contributed by atoms with E-state index in [-0.39, 0.29) is 11.9 Å². The van der Waals surface area contributed by atoms with Gasteiger partial charge in [-0.1, -0.05) is 48.7 Å². The molecule has 1 aliphatic carbocycles. The van der Waals surface area contributed by atoms with Gasteiger partial charge in [-0.25, -0.2) is 9.78 Å². The molecule has 6 nitrogen and oxygen atoms in total. The predicted octanol–water partition coefficient (Wildman–Crippen LogP) is 4.16. The van der Waals surface area contributed by atoms with Gasteiger partial charge in [0, 0.05) is 29.1 Å². The number of nitrogens with one attached hydrogen (secondary N) is 2. The highest BCUT2D eigenvalue weighted by atomic mass is 35.5. The first-order valence-electron chi connectivity index (χ1n) is 9.10. The smallest absolute Gasteiger partial charge is 0.321 e. The number of imidazole rings is 1. The first-order chi connectivity index (χ1) is 13.0. The standard InChI is InChI=1S/C19H23ClN4O2S/c1-13(17(25)23-18(26)22-15-7-3-2-4-8-15)27-19-21-10-11-24(19)16-9-5-6-14(20)12-16/h5-6,9-13,15H,2-4,7-8H2,1H3,(H2,22,23,25,26). The van der Waals surface area contributed by atoms with Crippen molar-refractivity contribution in [1.82, 2.24) is 20.2 Å². The van der Waals surface area contributed by atoms with Crippen LogP contribution in [0.15, 0.2) is 41.8 Å². The van der Waals surface area contributed by atoms with Gasteiger partial charge < -0.3 is 5.32 Å². The molecular weight excluding hydrogens is 384 g/mol. The van der Waals surface area contributed by atoms with E-state index in [0.29, 0.717) is 10.2 Å². The number of rotatable bonds is 5. The number of urea groups is 1. The van der Waals surface area contributed by atoms with E-state index in [9.17, 15) is 9.59 Å². The molecule has 1 aromatic heterocycles. The van der Waals surface area contributed by atoms with E-state index in [0.717, 1.165) is 31.4 Å². The largest absolute Gasteiger partial charge is 0.335 e. The first-order valence-corrected chi connectivity index (χ1v) is 10.4. The summed E-state index contributed by atoms with van der Waals surface area (Å²) in [5, 5.41) is 6.15. The number of hydrogen-bond acceptors (Lipinski definition) is 4. The molecule has 27 heavy (non-hydrogen) atoms. The van der Waals surface area contributed by atoms with Crippen molar-refractivity contribution in [3.8, 4) is 5.69 Å². The Bertz CT molecular complexity index is 805. The van der Waals surface area contributed by atoms with Crippen LogP contribution in [0.5, 0.6) is 0 Å². The normalized spacial score (nSPS) is 15.9. The highest BCUT2D eigenvalue weighted by Gasteiger charge is 2.22. The second-order valence-corrected chi connectivity index (χ2v) is 8.36. The summed E-state index contributed by atoms with van der Waals surface area (Å²) in [5.74, 6) is -0.339. The zero-order valence-corrected chi connectivity index (χ0v) is 16.7. The Hall–Kier alpha value is -1.99. The van der Waals surface area contributed by atoms with E-state index in [1.807, 2.05) is 29.0 Å². The van der Waals surface area contributed by atoms with Crippen molar-refractivity contribution in [2.24, 2.45) is 0 Å². The lowest BCUT2D eigenvalue weighted by Crippen LogP contribution is -2.47. The number of nitrogens with zero attached hydrogens (tertiary/aromatic N) is 2. The summed E-state index contributed by atoms with van der Waals surface area (Å²) < 4.78 is 1.86. The van der Waals surface area contributed by atoms with Crippen molar-refractivity contribution in [1.29, 1.82) is 0 Å². The molecule has 0 saturated heterocycles. The summed E-state index contributed by atoms with van der Waals surface area (Å²) in [6.45, 7) is 1.75. The Balaban J connectivity index is 1.57. The van der Waals surface area contributed by atoms with Crippen molar-refractivity contribution in [3.05, 3.63) is 41.7 Å². The summed E-state index contributed by atoms with van der Waals surface area (Å²) in [6, 6.07) is 7.15. The molecular formula is C19H23ClN4O2S. The Morgan fingerprint density at radius 1 is 1.30 bits per heavy atom. The molecule has 3 rings (SSSR count). The molecule has 1 fully saturated rings. The van der Waals surface area contributed by atoms with Crippen LogP contribution in [0.2, 0.25) is 5.02 Å². The number of halogens is 1. The van der Waals surface area contributed by atoms with Gasteiger partial charge in [-0.15, -0.1) is 0 Å². The number of hydrogen-bond donors (Lipinski definition) is 2. The average molecular weight is 407 g/mol. The summed E-state index contributed by atoms with van der Waals surface area (Å²) >= 11 is 7.35. The number of benzene rings is 1. The van der Waals surface area contributed by atoms with Crippen LogP contribution in [0, 0.1) is 0 Å². The number of thioether (sulfide) groups is 1. The van der Waals surface area contributed by atoms with Crippen LogP contribution >= 0.6 is 23.4 Å². The minimum Gasteiger partial charge on any atom is -0.335 e. The van der Waals surface area contributed by atoms with E-state index in [2.05, 4.69) is 15.6 Å². The third-order valence-corrected chi connectivity index (χ3v) is 5.84. The summed E-state index contributed by atoms with van der Waals surface area (Å²) in [6.07, 6.45) is 8.89. The van der Waals surface area contributed by atoms with E-state index in [1.165, 1.54) is 18.2 Å². The Kier molecular flexibility index (Phi) is 6.79. The van der Waals surface area contributed by atoms with E-state index < -0.39 is 11.3 Å². The molecule has 0 bridgehead atoms. The lowest BCUT2D eigenvalue weighted by molar-refractivity contribution is -0.119. The van der Waals surface area contributed by atoms with E-state index >= 15 is 0 Å². The van der Waals surface area contributed by atoms with Gasteiger partial charge >= 0.3 is 6.03 Å². The van der Waals surface area contributed by atoms with E-state index in [1.54, 1.807) is 19.2 Å². The minimum atomic E-state index is -0.470. The summed E-state index contributed by atoms with van der Waals surface area (Å²) in [5.41, 5.74) is 0.866. The van der Waals surface area contributed by atoms with Gasteiger partial charge in [0.15, 0.2) is 5.16 Å². The zero-order chi connectivity index (χ0) is 19.2. The third kappa shape index (κ3) is 5.49. The van der Waals surface area contributed by atoms with Gasteiger partial charge in [-0.3, -0.25) is 14.7 Å². The minimum absolute atomic E-state index is 0.163. The fourth-order valence-corrected chi connectivity index (χ4v) is 4.16. The van der Waals surface area contributed by atoms with Gasteiger partial charge in [0.05, 0.1) is 5.25 Å². The summed E-state index contributed by atoms with van der Waals surface area (Å²) in [7, 11) is 0. The van der Waals surface area contributed by atoms with Crippen LogP contribution in [-0.2, 0) is 4.79 Å². The maximum Gasteiger partial charge on any atom is 0.321 e. The van der Waals surface area contributed by atoms with Crippen molar-refractivity contribution in [2.75, 3.05) is 0 Å². The molecule has 1 saturated carbocycles. The third-order valence-electron chi connectivity index (χ3n) is 4.52. The fourth-order valence-electron chi connectivity index (χ4n) is 3.09. The van der Waals surface area contributed by atoms with Crippen LogP contribution in [0.1, 0.15) is 39.0 Å². The molecule has 1 heterocycles. The van der Waals surface area contributed by atoms with Gasteiger partial charge in [0.1, 0.15) is 0 Å². The topological polar surface area (TPSA) is 76.0 Å². The quantitative estimate of drug-likeness (QED) is 0.731. The van der Waals surface area contributed by atoms with Gasteiger partial charge in [-0.2, -0.15) is 0 Å². The number of aromatic nitrogens is 2. The Labute approximate surface area is 168 Å². The van der Waals surface area contributed by atoms with Crippen molar-refractivity contribution < 1.29 is 9.59 Å². The molecule has 2 N–H and O–H groups in total. The molecule has 2 aromatic rings. The second-order valence-electron chi connectivity index (χ2n) is 6.62. The molecule has 1 unspecified atom stereocenters. The molecule has 1 aromatic carbocycles. The fraction of sp³-hybridized carbons (Fsp3) is 0.421. The Morgan fingerprint density at radius 2 is 2.07 bits per heavy atom. The van der Waals surface area contributed by atoms with Crippen LogP contribution in [0.25, 0.3) is 5.69 Å². The van der Waals surface area contributed by atoms with Crippen molar-refractivity contribution in [2.45, 2.75) is 55.5 Å². The number of carbonyl (C=O) groups excluding carboxylic acids is 2. The molecule has 144 valence electrons. The van der Waals surface area contributed by atoms with Crippen LogP contribution < -0.4 is 10.6 Å². The van der Waals surface area contributed by atoms with Gasteiger partial charge in [0.25, 0.3) is 0 Å². The SMILES string of the molecule is CC(Sc1nccn1-c1cccc(Cl)c1)C(=O)NC(=O)NC1CCCCC1. The number of imide groups is 1. The number of amides is 3. The predicted molar refractivity (Wildman–Crippen MR) is 107 cm³/mol. The molecule has 0 radical (unpaired) electrons. The van der Waals surface area contributed by atoms with Crippen molar-refractivity contribution >= 4 is 35.3 Å². The Morgan fingerprint density at radius 3 is 2.81 bits per heavy atom. The maximum atomic E-state index is 12.4. The molecule has 0 spiro atoms.